The fourth-order valence-corrected chi connectivity index (χ4v) is 9.53. The maximum absolute atomic E-state index is 13.0. The fraction of sp³-hybridized carbons (Fsp3) is 0.420. The second kappa shape index (κ2) is 17.3. The Kier molecular flexibility index (Phi) is 11.6. The smallest absolute Gasteiger partial charge is 0.328 e. The third kappa shape index (κ3) is 8.88. The van der Waals surface area contributed by atoms with Gasteiger partial charge in [0, 0.05) is 72.1 Å². The van der Waals surface area contributed by atoms with E-state index in [1.165, 1.54) is 24.1 Å². The molecule has 9 rings (SSSR count). The molecule has 3 aromatic heterocycles. The summed E-state index contributed by atoms with van der Waals surface area (Å²) in [6.07, 6.45) is 6.84. The largest absolute Gasteiger partial charge is 0.372 e. The molecule has 6 aromatic rings. The first-order valence-electron chi connectivity index (χ1n) is 22.6. The molecule has 3 aliphatic heterocycles. The monoisotopic (exact) mass is 862 g/mol. The summed E-state index contributed by atoms with van der Waals surface area (Å²) in [6.45, 7) is 18.1. The van der Waals surface area contributed by atoms with Gasteiger partial charge in [-0.1, -0.05) is 69.2 Å². The highest BCUT2D eigenvalue weighted by Gasteiger charge is 2.33. The van der Waals surface area contributed by atoms with Crippen LogP contribution in [-0.2, 0) is 15.6 Å². The first-order valence-corrected chi connectivity index (χ1v) is 22.6. The molecule has 4 amide bonds. The van der Waals surface area contributed by atoms with E-state index in [0.29, 0.717) is 24.8 Å². The molecule has 0 bridgehead atoms. The molecule has 332 valence electrons. The van der Waals surface area contributed by atoms with Crippen LogP contribution >= 0.6 is 0 Å². The summed E-state index contributed by atoms with van der Waals surface area (Å²) in [5, 5.41) is 18.1. The van der Waals surface area contributed by atoms with Gasteiger partial charge in [0.15, 0.2) is 5.65 Å². The molecule has 0 saturated carbocycles. The van der Waals surface area contributed by atoms with E-state index in [9.17, 15) is 14.4 Å². The molecule has 64 heavy (non-hydrogen) atoms. The number of hydrogen-bond acceptors (Lipinski definition) is 10. The quantitative estimate of drug-likeness (QED) is 0.122. The van der Waals surface area contributed by atoms with Crippen LogP contribution in [0, 0.1) is 12.8 Å². The van der Waals surface area contributed by atoms with Crippen molar-refractivity contribution in [3.05, 3.63) is 107 Å². The van der Waals surface area contributed by atoms with Gasteiger partial charge >= 0.3 is 6.03 Å². The number of piperidine rings is 2. The minimum absolute atomic E-state index is 0.0253. The van der Waals surface area contributed by atoms with E-state index in [4.69, 9.17) is 9.51 Å². The first kappa shape index (κ1) is 42.9. The number of pyridine rings is 1. The van der Waals surface area contributed by atoms with Crippen molar-refractivity contribution in [2.24, 2.45) is 5.92 Å². The van der Waals surface area contributed by atoms with Gasteiger partial charge < -0.3 is 19.6 Å². The average molecular weight is 863 g/mol. The third-order valence-electron chi connectivity index (χ3n) is 13.6. The van der Waals surface area contributed by atoms with Gasteiger partial charge in [0.2, 0.25) is 11.8 Å². The van der Waals surface area contributed by atoms with Crippen LogP contribution in [0.2, 0.25) is 0 Å². The van der Waals surface area contributed by atoms with Crippen molar-refractivity contribution in [2.45, 2.75) is 90.5 Å². The van der Waals surface area contributed by atoms with E-state index in [1.54, 1.807) is 4.90 Å². The van der Waals surface area contributed by atoms with E-state index in [0.717, 1.165) is 95.8 Å². The predicted octanol–water partition coefficient (Wildman–Crippen LogP) is 8.49. The number of nitrogens with one attached hydrogen (secondary N) is 3. The van der Waals surface area contributed by atoms with Crippen LogP contribution in [0.1, 0.15) is 106 Å². The summed E-state index contributed by atoms with van der Waals surface area (Å²) in [5.41, 5.74) is 9.86. The maximum atomic E-state index is 13.0. The summed E-state index contributed by atoms with van der Waals surface area (Å²) in [7, 11) is 0. The second-order valence-electron chi connectivity index (χ2n) is 19.3. The van der Waals surface area contributed by atoms with Crippen molar-refractivity contribution < 1.29 is 18.9 Å². The number of aryl methyl sites for hydroxylation is 1. The number of rotatable bonds is 10. The standard InChI is InChI=1S/C50H58N10O4/c1-31-27-35(9-16-40(31)32(2)52-46(62)45-54-47(64-57-45)49(3,4)5)43-41-28-36(29-51-44(41)56-55-43)34-7-10-37(11-8-34)50(6)20-25-58(26-21-50)30-33-17-22-59(23-18-33)38-12-14-39(15-13-38)60-24-19-42(61)53-48(60)63/h7-16,27-29,32-33H,17-26,30H2,1-6H3,(H,52,62)(H,51,55,56)(H,53,61,63)/t32-/m1/s1. The van der Waals surface area contributed by atoms with Crippen LogP contribution < -0.4 is 20.4 Å². The van der Waals surface area contributed by atoms with Crippen molar-refractivity contribution in [3.63, 3.8) is 0 Å². The number of fused-ring (bicyclic) bond motifs is 1. The number of carbonyl (C=O) groups is 3. The van der Waals surface area contributed by atoms with E-state index in [1.807, 2.05) is 65.1 Å². The number of nitrogens with zero attached hydrogens (tertiary/aromatic N) is 7. The lowest BCUT2D eigenvalue weighted by atomic mass is 9.74. The van der Waals surface area contributed by atoms with E-state index >= 15 is 0 Å². The topological polar surface area (TPSA) is 165 Å². The minimum atomic E-state index is -0.380. The molecule has 0 radical (unpaired) electrons. The van der Waals surface area contributed by atoms with Gasteiger partial charge in [0.1, 0.15) is 5.69 Å². The minimum Gasteiger partial charge on any atom is -0.372 e. The molecule has 6 heterocycles. The average Bonchev–Trinajstić information content (AvgIpc) is 3.97. The van der Waals surface area contributed by atoms with Crippen molar-refractivity contribution >= 4 is 40.3 Å². The van der Waals surface area contributed by atoms with E-state index < -0.39 is 0 Å². The highest BCUT2D eigenvalue weighted by Crippen LogP contribution is 2.38. The molecule has 3 aliphatic rings. The number of amides is 4. The van der Waals surface area contributed by atoms with Crippen LogP contribution in [0.15, 0.2) is 83.5 Å². The van der Waals surface area contributed by atoms with Crippen LogP contribution in [0.4, 0.5) is 16.2 Å². The van der Waals surface area contributed by atoms with Crippen molar-refractivity contribution in [1.29, 1.82) is 0 Å². The Balaban J connectivity index is 0.782. The summed E-state index contributed by atoms with van der Waals surface area (Å²) >= 11 is 0. The van der Waals surface area contributed by atoms with Crippen LogP contribution in [0.5, 0.6) is 0 Å². The van der Waals surface area contributed by atoms with Crippen LogP contribution in [-0.4, -0.2) is 87.3 Å². The number of likely N-dealkylation sites (tertiary alicyclic amines) is 1. The number of carbonyl (C=O) groups excluding carboxylic acids is 3. The van der Waals surface area contributed by atoms with E-state index in [-0.39, 0.29) is 40.5 Å². The maximum Gasteiger partial charge on any atom is 0.328 e. The second-order valence-corrected chi connectivity index (χ2v) is 19.3. The van der Waals surface area contributed by atoms with Crippen molar-refractivity contribution in [3.8, 4) is 22.4 Å². The number of aromatic amines is 1. The Morgan fingerprint density at radius 2 is 1.61 bits per heavy atom. The molecule has 0 unspecified atom stereocenters. The predicted molar refractivity (Wildman–Crippen MR) is 248 cm³/mol. The number of H-pyrrole nitrogens is 1. The summed E-state index contributed by atoms with van der Waals surface area (Å²) < 4.78 is 5.32. The first-order chi connectivity index (χ1) is 30.7. The van der Waals surface area contributed by atoms with Crippen LogP contribution in [0.25, 0.3) is 33.4 Å². The zero-order valence-electron chi connectivity index (χ0n) is 37.7. The molecular formula is C50H58N10O4. The lowest BCUT2D eigenvalue weighted by Crippen LogP contribution is -2.49. The van der Waals surface area contributed by atoms with Crippen molar-refractivity contribution in [1.82, 2.24) is 40.9 Å². The molecule has 0 spiro atoms. The molecule has 14 heteroatoms. The number of hydrogen-bond donors (Lipinski definition) is 3. The zero-order valence-corrected chi connectivity index (χ0v) is 37.7. The molecular weight excluding hydrogens is 805 g/mol. The fourth-order valence-electron chi connectivity index (χ4n) is 9.53. The van der Waals surface area contributed by atoms with E-state index in [2.05, 4.69) is 96.2 Å². The molecule has 3 N–H and O–H groups in total. The lowest BCUT2D eigenvalue weighted by Gasteiger charge is -2.42. The molecule has 14 nitrogen and oxygen atoms in total. The van der Waals surface area contributed by atoms with Crippen LogP contribution in [0.3, 0.4) is 0 Å². The Bertz CT molecular complexity index is 2670. The summed E-state index contributed by atoms with van der Waals surface area (Å²) in [5.74, 6) is 0.538. The number of aromatic nitrogens is 5. The Labute approximate surface area is 374 Å². The van der Waals surface area contributed by atoms with Gasteiger partial charge in [-0.05, 0) is 123 Å². The number of benzene rings is 3. The molecule has 3 aromatic carbocycles. The normalized spacial score (nSPS) is 18.0. The lowest BCUT2D eigenvalue weighted by molar-refractivity contribution is -0.120. The Hall–Kier alpha value is -6.41. The Morgan fingerprint density at radius 1 is 0.906 bits per heavy atom. The number of urea groups is 1. The third-order valence-corrected chi connectivity index (χ3v) is 13.6. The van der Waals surface area contributed by atoms with Gasteiger partial charge in [-0.3, -0.25) is 24.9 Å². The van der Waals surface area contributed by atoms with Gasteiger partial charge in [-0.15, -0.1) is 0 Å². The highest BCUT2D eigenvalue weighted by atomic mass is 16.5. The summed E-state index contributed by atoms with van der Waals surface area (Å²) in [4.78, 5) is 52.6. The van der Waals surface area contributed by atoms with Gasteiger partial charge in [0.05, 0.1) is 6.04 Å². The van der Waals surface area contributed by atoms with Gasteiger partial charge in [0.25, 0.3) is 11.7 Å². The number of imide groups is 1. The van der Waals surface area contributed by atoms with Gasteiger partial charge in [-0.25, -0.2) is 9.78 Å². The molecule has 0 aliphatic carbocycles. The Morgan fingerprint density at radius 3 is 2.28 bits per heavy atom. The molecule has 3 fully saturated rings. The summed E-state index contributed by atoms with van der Waals surface area (Å²) in [6, 6.07) is 25.0. The molecule has 1 atom stereocenters. The zero-order chi connectivity index (χ0) is 44.8. The van der Waals surface area contributed by atoms with Gasteiger partial charge in [-0.2, -0.15) is 10.1 Å². The van der Waals surface area contributed by atoms with Crippen molar-refractivity contribution in [2.75, 3.05) is 49.1 Å². The molecule has 3 saturated heterocycles. The SMILES string of the molecule is Cc1cc(-c2n[nH]c3ncc(-c4ccc(C5(C)CCN(CC6CCN(c7ccc(N8CCC(=O)NC8=O)cc7)CC6)CC5)cc4)cc23)ccc1[C@@H](C)NC(=O)c1noc(C(C)(C)C)n1. The highest BCUT2D eigenvalue weighted by molar-refractivity contribution is 6.05. The number of anilines is 2.